The molecule has 0 saturated carbocycles. The highest BCUT2D eigenvalue weighted by atomic mass is 79.9. The smallest absolute Gasteiger partial charge is 0.124 e. The van der Waals surface area contributed by atoms with E-state index in [1.165, 1.54) is 18.2 Å². The monoisotopic (exact) mass is 332 g/mol. The summed E-state index contributed by atoms with van der Waals surface area (Å²) in [5.41, 5.74) is 1.06. The Morgan fingerprint density at radius 1 is 1.56 bits per heavy atom. The molecule has 0 bridgehead atoms. The maximum absolute atomic E-state index is 13.0. The topological polar surface area (TPSA) is 38.0 Å². The first-order valence-corrected chi connectivity index (χ1v) is 6.56. The maximum atomic E-state index is 13.0. The van der Waals surface area contributed by atoms with Gasteiger partial charge in [-0.05, 0) is 35.0 Å². The molecule has 0 spiro atoms. The molecule has 2 rings (SSSR count). The second kappa shape index (κ2) is 5.38. The number of aliphatic hydroxyl groups is 1. The summed E-state index contributed by atoms with van der Waals surface area (Å²) in [5, 5.41) is 14.7. The zero-order valence-electron chi connectivity index (χ0n) is 9.57. The fourth-order valence-electron chi connectivity index (χ4n) is 1.77. The standard InChI is InChI=1S/C12H11BrClFN2O/c1-2-17-11(9(13)6-16-17)12(18)8-4-3-7(15)5-10(8)14/h3-6,12,18H,2H2,1H3. The molecule has 0 aliphatic carbocycles. The number of rotatable bonds is 3. The van der Waals surface area contributed by atoms with E-state index in [1.54, 1.807) is 10.9 Å². The lowest BCUT2D eigenvalue weighted by molar-refractivity contribution is 0.207. The van der Waals surface area contributed by atoms with Crippen LogP contribution in [0.1, 0.15) is 24.3 Å². The molecule has 0 saturated heterocycles. The van der Waals surface area contributed by atoms with Crippen LogP contribution >= 0.6 is 27.5 Å². The van der Waals surface area contributed by atoms with Crippen LogP contribution in [0.25, 0.3) is 0 Å². The molecule has 0 aliphatic rings. The van der Waals surface area contributed by atoms with Gasteiger partial charge >= 0.3 is 0 Å². The lowest BCUT2D eigenvalue weighted by Gasteiger charge is -2.15. The summed E-state index contributed by atoms with van der Waals surface area (Å²) in [5.74, 6) is -0.431. The molecule has 0 aliphatic heterocycles. The highest BCUT2D eigenvalue weighted by molar-refractivity contribution is 9.10. The summed E-state index contributed by atoms with van der Waals surface area (Å²) in [7, 11) is 0. The molecule has 3 nitrogen and oxygen atoms in total. The summed E-state index contributed by atoms with van der Waals surface area (Å²) in [6.07, 6.45) is 0.661. The highest BCUT2D eigenvalue weighted by Crippen LogP contribution is 2.32. The largest absolute Gasteiger partial charge is 0.382 e. The number of halogens is 3. The highest BCUT2D eigenvalue weighted by Gasteiger charge is 2.21. The molecule has 6 heteroatoms. The Labute approximate surface area is 117 Å². The third-order valence-electron chi connectivity index (χ3n) is 2.65. The molecule has 1 heterocycles. The quantitative estimate of drug-likeness (QED) is 0.933. The van der Waals surface area contributed by atoms with Crippen molar-refractivity contribution in [2.24, 2.45) is 0 Å². The number of aryl methyl sites for hydroxylation is 1. The van der Waals surface area contributed by atoms with Crippen LogP contribution in [0.15, 0.2) is 28.9 Å². The van der Waals surface area contributed by atoms with E-state index in [4.69, 9.17) is 11.6 Å². The molecular formula is C12H11BrClFN2O. The Bertz CT molecular complexity index is 573. The van der Waals surface area contributed by atoms with Crippen LogP contribution in [0.2, 0.25) is 5.02 Å². The third-order valence-corrected chi connectivity index (χ3v) is 3.59. The molecule has 1 N–H and O–H groups in total. The van der Waals surface area contributed by atoms with Gasteiger partial charge in [-0.2, -0.15) is 5.10 Å². The van der Waals surface area contributed by atoms with Crippen LogP contribution in [0.4, 0.5) is 4.39 Å². The second-order valence-electron chi connectivity index (χ2n) is 3.76. The van der Waals surface area contributed by atoms with Crippen LogP contribution in [-0.4, -0.2) is 14.9 Å². The van der Waals surface area contributed by atoms with Crippen molar-refractivity contribution in [3.05, 3.63) is 51.0 Å². The molecule has 0 radical (unpaired) electrons. The SMILES string of the molecule is CCn1ncc(Br)c1C(O)c1ccc(F)cc1Cl. The van der Waals surface area contributed by atoms with Crippen molar-refractivity contribution >= 4 is 27.5 Å². The first-order chi connectivity index (χ1) is 8.54. The van der Waals surface area contributed by atoms with E-state index in [-0.39, 0.29) is 5.02 Å². The van der Waals surface area contributed by atoms with Gasteiger partial charge in [0.2, 0.25) is 0 Å². The Morgan fingerprint density at radius 3 is 2.89 bits per heavy atom. The normalized spacial score (nSPS) is 12.7. The van der Waals surface area contributed by atoms with Crippen molar-refractivity contribution in [3.63, 3.8) is 0 Å². The molecule has 1 unspecified atom stereocenters. The number of aromatic nitrogens is 2. The third kappa shape index (κ3) is 2.43. The van der Waals surface area contributed by atoms with Crippen molar-refractivity contribution < 1.29 is 9.50 Å². The van der Waals surface area contributed by atoms with Gasteiger partial charge in [0, 0.05) is 17.1 Å². The minimum absolute atomic E-state index is 0.193. The van der Waals surface area contributed by atoms with Gasteiger partial charge in [0.05, 0.1) is 16.4 Å². The average Bonchev–Trinajstić information content (AvgIpc) is 2.69. The Kier molecular flexibility index (Phi) is 4.04. The second-order valence-corrected chi connectivity index (χ2v) is 5.02. The predicted molar refractivity (Wildman–Crippen MR) is 71.1 cm³/mol. The molecule has 2 aromatic rings. The molecule has 1 aromatic heterocycles. The molecule has 0 fully saturated rings. The van der Waals surface area contributed by atoms with Gasteiger partial charge in [0.25, 0.3) is 0 Å². The van der Waals surface area contributed by atoms with Crippen LogP contribution in [0.3, 0.4) is 0 Å². The zero-order chi connectivity index (χ0) is 13.3. The Balaban J connectivity index is 2.47. The van der Waals surface area contributed by atoms with E-state index in [0.29, 0.717) is 22.3 Å². The minimum atomic E-state index is -0.949. The Morgan fingerprint density at radius 2 is 2.28 bits per heavy atom. The van der Waals surface area contributed by atoms with Crippen molar-refractivity contribution in [2.75, 3.05) is 0 Å². The van der Waals surface area contributed by atoms with Gasteiger partial charge < -0.3 is 5.11 Å². The molecular weight excluding hydrogens is 322 g/mol. The van der Waals surface area contributed by atoms with Crippen molar-refractivity contribution in [3.8, 4) is 0 Å². The van der Waals surface area contributed by atoms with Crippen LogP contribution in [-0.2, 0) is 6.54 Å². The molecule has 1 atom stereocenters. The zero-order valence-corrected chi connectivity index (χ0v) is 11.9. The summed E-state index contributed by atoms with van der Waals surface area (Å²) >= 11 is 9.28. The van der Waals surface area contributed by atoms with Gasteiger partial charge in [0.1, 0.15) is 11.9 Å². The van der Waals surface area contributed by atoms with E-state index in [1.807, 2.05) is 6.92 Å². The summed E-state index contributed by atoms with van der Waals surface area (Å²) in [6.45, 7) is 2.54. The van der Waals surface area contributed by atoms with Gasteiger partial charge in [-0.1, -0.05) is 17.7 Å². The lowest BCUT2D eigenvalue weighted by Crippen LogP contribution is -2.10. The van der Waals surface area contributed by atoms with E-state index >= 15 is 0 Å². The average molecular weight is 334 g/mol. The molecule has 96 valence electrons. The van der Waals surface area contributed by atoms with E-state index < -0.39 is 11.9 Å². The summed E-state index contributed by atoms with van der Waals surface area (Å²) in [6, 6.07) is 3.92. The van der Waals surface area contributed by atoms with Gasteiger partial charge in [-0.25, -0.2) is 4.39 Å². The van der Waals surface area contributed by atoms with Crippen molar-refractivity contribution in [2.45, 2.75) is 19.6 Å². The minimum Gasteiger partial charge on any atom is -0.382 e. The van der Waals surface area contributed by atoms with E-state index in [9.17, 15) is 9.50 Å². The first-order valence-electron chi connectivity index (χ1n) is 5.38. The number of benzene rings is 1. The number of aliphatic hydroxyl groups excluding tert-OH is 1. The van der Waals surface area contributed by atoms with Gasteiger partial charge in [-0.15, -0.1) is 0 Å². The predicted octanol–water partition coefficient (Wildman–Crippen LogP) is 3.54. The number of hydrogen-bond acceptors (Lipinski definition) is 2. The fourth-order valence-corrected chi connectivity index (χ4v) is 2.55. The van der Waals surface area contributed by atoms with Crippen molar-refractivity contribution in [1.29, 1.82) is 0 Å². The summed E-state index contributed by atoms with van der Waals surface area (Å²) in [4.78, 5) is 0. The molecule has 1 aromatic carbocycles. The number of hydrogen-bond donors (Lipinski definition) is 1. The maximum Gasteiger partial charge on any atom is 0.124 e. The van der Waals surface area contributed by atoms with Crippen LogP contribution in [0, 0.1) is 5.82 Å². The van der Waals surface area contributed by atoms with Gasteiger partial charge in [-0.3, -0.25) is 4.68 Å². The van der Waals surface area contributed by atoms with E-state index in [0.717, 1.165) is 0 Å². The fraction of sp³-hybridized carbons (Fsp3) is 0.250. The lowest BCUT2D eigenvalue weighted by atomic mass is 10.1. The first kappa shape index (κ1) is 13.5. The molecule has 18 heavy (non-hydrogen) atoms. The Hall–Kier alpha value is -0.910. The number of nitrogens with zero attached hydrogens (tertiary/aromatic N) is 2. The summed E-state index contributed by atoms with van der Waals surface area (Å²) < 4.78 is 15.3. The van der Waals surface area contributed by atoms with E-state index in [2.05, 4.69) is 21.0 Å². The van der Waals surface area contributed by atoms with Crippen LogP contribution in [0.5, 0.6) is 0 Å². The van der Waals surface area contributed by atoms with Crippen molar-refractivity contribution in [1.82, 2.24) is 9.78 Å². The van der Waals surface area contributed by atoms with Crippen LogP contribution < -0.4 is 0 Å². The van der Waals surface area contributed by atoms with Gasteiger partial charge in [0.15, 0.2) is 0 Å². The molecule has 0 amide bonds.